The molecule has 1 aromatic rings. The highest BCUT2D eigenvalue weighted by Gasteiger charge is 2.39. The van der Waals surface area contributed by atoms with Crippen molar-refractivity contribution in [3.8, 4) is 0 Å². The number of hydrogen-bond donors (Lipinski definition) is 0. The Morgan fingerprint density at radius 1 is 1.21 bits per heavy atom. The number of carbonyl (C=O) groups is 1. The van der Waals surface area contributed by atoms with Crippen LogP contribution < -0.4 is 0 Å². The minimum atomic E-state index is -0.662. The Hall–Kier alpha value is -2.61. The molecule has 0 aliphatic carbocycles. The first-order valence-electron chi connectivity index (χ1n) is 9.59. The number of benzene rings is 1. The Bertz CT molecular complexity index is 760. The van der Waals surface area contributed by atoms with Gasteiger partial charge in [-0.3, -0.25) is 14.9 Å². The number of nitro groups is 1. The van der Waals surface area contributed by atoms with E-state index in [9.17, 15) is 14.9 Å². The number of hydrogen-bond acceptors (Lipinski definition) is 7. The average Bonchev–Trinajstić information content (AvgIpc) is 2.70. The zero-order valence-electron chi connectivity index (χ0n) is 16.6. The van der Waals surface area contributed by atoms with Gasteiger partial charge in [0.1, 0.15) is 12.5 Å². The Morgan fingerprint density at radius 2 is 2.00 bits per heavy atom. The van der Waals surface area contributed by atoms with Crippen LogP contribution in [-0.4, -0.2) is 42.1 Å². The van der Waals surface area contributed by atoms with E-state index in [1.807, 2.05) is 6.92 Å². The molecule has 0 saturated carbocycles. The van der Waals surface area contributed by atoms with Gasteiger partial charge in [-0.05, 0) is 25.3 Å². The number of carbonyl (C=O) groups excluding carboxylic acids is 1. The molecule has 0 spiro atoms. The monoisotopic (exact) mass is 389 g/mol. The summed E-state index contributed by atoms with van der Waals surface area (Å²) in [5.41, 5.74) is 1.87. The molecule has 1 aromatic carbocycles. The summed E-state index contributed by atoms with van der Waals surface area (Å²) < 4.78 is 10.8. The van der Waals surface area contributed by atoms with E-state index in [0.717, 1.165) is 12.8 Å². The number of non-ortho nitro benzene ring substituents is 1. The summed E-state index contributed by atoms with van der Waals surface area (Å²) in [5, 5.41) is 19.5. The first kappa shape index (κ1) is 21.7. The second-order valence-corrected chi connectivity index (χ2v) is 6.63. The molecule has 1 aliphatic rings. The lowest BCUT2D eigenvalue weighted by Crippen LogP contribution is -2.37. The lowest BCUT2D eigenvalue weighted by molar-refractivity contribution is -0.384. The Morgan fingerprint density at radius 3 is 2.68 bits per heavy atom. The van der Waals surface area contributed by atoms with Crippen LogP contribution in [-0.2, 0) is 14.3 Å². The Kier molecular flexibility index (Phi) is 8.25. The van der Waals surface area contributed by atoms with E-state index in [2.05, 4.69) is 17.1 Å². The third-order valence-corrected chi connectivity index (χ3v) is 4.65. The summed E-state index contributed by atoms with van der Waals surface area (Å²) in [5.74, 6) is -1.52. The molecule has 8 heteroatoms. The van der Waals surface area contributed by atoms with Crippen molar-refractivity contribution in [2.75, 3.05) is 19.8 Å². The van der Waals surface area contributed by atoms with Gasteiger partial charge in [-0.15, -0.1) is 0 Å². The van der Waals surface area contributed by atoms with Crippen molar-refractivity contribution in [2.24, 2.45) is 16.1 Å². The molecule has 0 fully saturated rings. The predicted octanol–water partition coefficient (Wildman–Crippen LogP) is 3.90. The highest BCUT2D eigenvalue weighted by atomic mass is 16.6. The van der Waals surface area contributed by atoms with Crippen molar-refractivity contribution in [1.82, 2.24) is 0 Å². The molecule has 2 unspecified atom stereocenters. The normalized spacial score (nSPS) is 19.0. The smallest absolute Gasteiger partial charge is 0.315 e. The summed E-state index contributed by atoms with van der Waals surface area (Å²) in [7, 11) is 0. The lowest BCUT2D eigenvalue weighted by atomic mass is 9.78. The van der Waals surface area contributed by atoms with Crippen molar-refractivity contribution >= 4 is 23.1 Å². The maximum atomic E-state index is 12.8. The third-order valence-electron chi connectivity index (χ3n) is 4.65. The van der Waals surface area contributed by atoms with E-state index >= 15 is 0 Å². The summed E-state index contributed by atoms with van der Waals surface area (Å²) in [6, 6.07) is 6.31. The van der Waals surface area contributed by atoms with Crippen molar-refractivity contribution in [2.45, 2.75) is 46.0 Å². The fourth-order valence-electron chi connectivity index (χ4n) is 3.15. The largest absolute Gasteiger partial charge is 0.463 e. The molecule has 0 bridgehead atoms. The van der Waals surface area contributed by atoms with E-state index in [-0.39, 0.29) is 12.3 Å². The second-order valence-electron chi connectivity index (χ2n) is 6.63. The fourth-order valence-corrected chi connectivity index (χ4v) is 3.15. The zero-order valence-corrected chi connectivity index (χ0v) is 16.6. The van der Waals surface area contributed by atoms with Crippen LogP contribution in [0.25, 0.3) is 0 Å². The van der Waals surface area contributed by atoms with Crippen LogP contribution in [0.1, 0.15) is 51.5 Å². The van der Waals surface area contributed by atoms with E-state index in [1.54, 1.807) is 19.1 Å². The van der Waals surface area contributed by atoms with Crippen molar-refractivity contribution in [1.29, 1.82) is 0 Å². The summed E-state index contributed by atoms with van der Waals surface area (Å²) in [4.78, 5) is 23.5. The molecule has 1 aliphatic heterocycles. The van der Waals surface area contributed by atoms with Gasteiger partial charge >= 0.3 is 5.97 Å². The van der Waals surface area contributed by atoms with Crippen LogP contribution in [0.15, 0.2) is 34.5 Å². The number of esters is 1. The highest BCUT2D eigenvalue weighted by molar-refractivity contribution is 6.10. The molecule has 0 aromatic heterocycles. The van der Waals surface area contributed by atoms with Crippen LogP contribution in [0.3, 0.4) is 0 Å². The fraction of sp³-hybridized carbons (Fsp3) is 0.550. The number of unbranched alkanes of at least 4 members (excludes halogenated alkanes) is 1. The highest BCUT2D eigenvalue weighted by Crippen LogP contribution is 2.34. The molecule has 0 radical (unpaired) electrons. The van der Waals surface area contributed by atoms with Gasteiger partial charge in [-0.2, -0.15) is 10.2 Å². The van der Waals surface area contributed by atoms with Gasteiger partial charge in [-0.1, -0.05) is 32.4 Å². The maximum Gasteiger partial charge on any atom is 0.315 e. The van der Waals surface area contributed by atoms with Gasteiger partial charge in [-0.25, -0.2) is 0 Å². The van der Waals surface area contributed by atoms with Crippen molar-refractivity contribution in [3.05, 3.63) is 39.9 Å². The molecule has 152 valence electrons. The van der Waals surface area contributed by atoms with E-state index in [1.165, 1.54) is 12.1 Å². The number of nitrogens with zero attached hydrogens (tertiary/aromatic N) is 3. The first-order valence-corrected chi connectivity index (χ1v) is 9.59. The number of nitro benzene ring substituents is 1. The number of rotatable bonds is 10. The SMILES string of the molecule is CCCCOCCOC(=O)C1C(C)=NN=C(CC)C1c1cccc([N+](=O)[O-])c1. The van der Waals surface area contributed by atoms with Crippen LogP contribution in [0, 0.1) is 16.0 Å². The topological polar surface area (TPSA) is 103 Å². The summed E-state index contributed by atoms with van der Waals surface area (Å²) >= 11 is 0. The zero-order chi connectivity index (χ0) is 20.5. The Balaban J connectivity index is 2.18. The average molecular weight is 389 g/mol. The molecule has 2 atom stereocenters. The quantitative estimate of drug-likeness (QED) is 0.261. The minimum Gasteiger partial charge on any atom is -0.463 e. The minimum absolute atomic E-state index is 0.0236. The van der Waals surface area contributed by atoms with Gasteiger partial charge in [0, 0.05) is 30.4 Å². The maximum absolute atomic E-state index is 12.8. The summed E-state index contributed by atoms with van der Waals surface area (Å²) in [6.07, 6.45) is 2.59. The van der Waals surface area contributed by atoms with Gasteiger partial charge < -0.3 is 9.47 Å². The Labute approximate surface area is 164 Å². The van der Waals surface area contributed by atoms with E-state index in [0.29, 0.717) is 36.6 Å². The lowest BCUT2D eigenvalue weighted by Gasteiger charge is -2.29. The molecule has 2 rings (SSSR count). The summed E-state index contributed by atoms with van der Waals surface area (Å²) in [6.45, 7) is 6.86. The number of ether oxygens (including phenoxy) is 2. The van der Waals surface area contributed by atoms with Gasteiger partial charge in [0.25, 0.3) is 5.69 Å². The third kappa shape index (κ3) is 5.45. The molecular weight excluding hydrogens is 362 g/mol. The first-order chi connectivity index (χ1) is 13.5. The molecule has 8 nitrogen and oxygen atoms in total. The molecule has 0 saturated heterocycles. The van der Waals surface area contributed by atoms with E-state index < -0.39 is 22.7 Å². The van der Waals surface area contributed by atoms with E-state index in [4.69, 9.17) is 9.47 Å². The molecular formula is C20H27N3O5. The molecule has 0 amide bonds. The predicted molar refractivity (Wildman–Crippen MR) is 107 cm³/mol. The van der Waals surface area contributed by atoms with Gasteiger partial charge in [0.15, 0.2) is 0 Å². The van der Waals surface area contributed by atoms with Crippen LogP contribution in [0.4, 0.5) is 5.69 Å². The van der Waals surface area contributed by atoms with Crippen LogP contribution in [0.5, 0.6) is 0 Å². The van der Waals surface area contributed by atoms with Gasteiger partial charge in [0.2, 0.25) is 0 Å². The van der Waals surface area contributed by atoms with Crippen molar-refractivity contribution in [3.63, 3.8) is 0 Å². The van der Waals surface area contributed by atoms with Crippen LogP contribution in [0.2, 0.25) is 0 Å². The standard InChI is InChI=1S/C20H27N3O5/c1-4-6-10-27-11-12-28-20(24)18-14(3)21-22-17(5-2)19(18)15-8-7-9-16(13-15)23(25)26/h7-9,13,18-19H,4-6,10-12H2,1-3H3. The van der Waals surface area contributed by atoms with Crippen molar-refractivity contribution < 1.29 is 19.2 Å². The second kappa shape index (κ2) is 10.7. The van der Waals surface area contributed by atoms with Gasteiger partial charge in [0.05, 0.1) is 17.2 Å². The molecule has 28 heavy (non-hydrogen) atoms. The van der Waals surface area contributed by atoms with Crippen LogP contribution >= 0.6 is 0 Å². The molecule has 0 N–H and O–H groups in total. The molecule has 1 heterocycles.